The van der Waals surface area contributed by atoms with Crippen LogP contribution >= 0.6 is 0 Å². The Balaban J connectivity index is 3.12. The van der Waals surface area contributed by atoms with E-state index in [1.54, 1.807) is 11.9 Å². The van der Waals surface area contributed by atoms with Crippen LogP contribution in [0.25, 0.3) is 0 Å². The highest BCUT2D eigenvalue weighted by molar-refractivity contribution is 5.45. The van der Waals surface area contributed by atoms with Crippen molar-refractivity contribution in [3.05, 3.63) is 11.8 Å². The summed E-state index contributed by atoms with van der Waals surface area (Å²) in [7, 11) is 1.73. The van der Waals surface area contributed by atoms with Crippen LogP contribution in [-0.2, 0) is 6.18 Å². The second-order valence-electron chi connectivity index (χ2n) is 6.28. The van der Waals surface area contributed by atoms with Crippen LogP contribution in [0.4, 0.5) is 24.9 Å². The summed E-state index contributed by atoms with van der Waals surface area (Å²) in [6.45, 7) is 9.11. The van der Waals surface area contributed by atoms with E-state index in [4.69, 9.17) is 0 Å². The summed E-state index contributed by atoms with van der Waals surface area (Å²) in [4.78, 5) is 9.44. The quantitative estimate of drug-likeness (QED) is 0.898. The summed E-state index contributed by atoms with van der Waals surface area (Å²) in [5.41, 5.74) is -0.971. The van der Waals surface area contributed by atoms with Gasteiger partial charge in [-0.25, -0.2) is 4.98 Å². The van der Waals surface area contributed by atoms with Crippen LogP contribution in [0.5, 0.6) is 0 Å². The van der Waals surface area contributed by atoms with E-state index in [0.29, 0.717) is 13.1 Å². The Morgan fingerprint density at radius 3 is 2.29 bits per heavy atom. The molecule has 1 rings (SSSR count). The van der Waals surface area contributed by atoms with E-state index in [2.05, 4.69) is 15.3 Å². The number of anilines is 2. The lowest BCUT2D eigenvalue weighted by Crippen LogP contribution is -2.30. The summed E-state index contributed by atoms with van der Waals surface area (Å²) in [6, 6.07) is 0.989. The molecule has 0 bridgehead atoms. The molecule has 4 nitrogen and oxygen atoms in total. The minimum Gasteiger partial charge on any atom is -0.359 e. The zero-order chi connectivity index (χ0) is 16.3. The lowest BCUT2D eigenvalue weighted by atomic mass is 9.96. The molecule has 1 N–H and O–H groups in total. The zero-order valence-electron chi connectivity index (χ0n) is 13.2. The number of nitrogens with zero attached hydrogens (tertiary/aromatic N) is 3. The number of nitrogens with one attached hydrogen (secondary N) is 1. The maximum absolute atomic E-state index is 12.9. The second-order valence-corrected chi connectivity index (χ2v) is 6.28. The van der Waals surface area contributed by atoms with Crippen LogP contribution in [0, 0.1) is 5.41 Å². The van der Waals surface area contributed by atoms with Gasteiger partial charge in [-0.3, -0.25) is 0 Å². The third-order valence-corrected chi connectivity index (χ3v) is 2.64. The fraction of sp³-hybridized carbons (Fsp3) is 0.714. The fourth-order valence-corrected chi connectivity index (χ4v) is 1.88. The first-order chi connectivity index (χ1) is 9.53. The molecule has 7 heteroatoms. The molecule has 0 spiro atoms. The highest BCUT2D eigenvalue weighted by Crippen LogP contribution is 2.31. The van der Waals surface area contributed by atoms with Gasteiger partial charge in [0.05, 0.1) is 0 Å². The molecule has 0 saturated heterocycles. The van der Waals surface area contributed by atoms with Gasteiger partial charge in [0.1, 0.15) is 5.82 Å². The minimum absolute atomic E-state index is 0.0161. The lowest BCUT2D eigenvalue weighted by molar-refractivity contribution is -0.141. The molecule has 1 heterocycles. The van der Waals surface area contributed by atoms with Crippen LogP contribution in [0.1, 0.15) is 39.8 Å². The van der Waals surface area contributed by atoms with Crippen molar-refractivity contribution >= 4 is 11.8 Å². The summed E-state index contributed by atoms with van der Waals surface area (Å²) >= 11 is 0. The van der Waals surface area contributed by atoms with Crippen LogP contribution in [0.2, 0.25) is 0 Å². The Kier molecular flexibility index (Phi) is 5.42. The summed E-state index contributed by atoms with van der Waals surface area (Å²) in [5, 5.41) is 2.82. The molecule has 1 aromatic heterocycles. The van der Waals surface area contributed by atoms with Crippen molar-refractivity contribution in [3.63, 3.8) is 0 Å². The maximum atomic E-state index is 12.9. The van der Waals surface area contributed by atoms with E-state index >= 15 is 0 Å². The van der Waals surface area contributed by atoms with E-state index in [1.165, 1.54) is 0 Å². The van der Waals surface area contributed by atoms with Gasteiger partial charge in [0.15, 0.2) is 5.69 Å². The van der Waals surface area contributed by atoms with E-state index in [9.17, 15) is 13.2 Å². The second kappa shape index (κ2) is 6.49. The van der Waals surface area contributed by atoms with Gasteiger partial charge < -0.3 is 10.2 Å². The molecule has 0 aromatic carbocycles. The lowest BCUT2D eigenvalue weighted by Gasteiger charge is -2.28. The Morgan fingerprint density at radius 1 is 1.19 bits per heavy atom. The summed E-state index contributed by atoms with van der Waals surface area (Å²) in [5.74, 6) is 0.285. The first kappa shape index (κ1) is 17.5. The van der Waals surface area contributed by atoms with Crippen LogP contribution in [0.3, 0.4) is 0 Å². The van der Waals surface area contributed by atoms with Gasteiger partial charge in [0, 0.05) is 26.2 Å². The molecular weight excluding hydrogens is 281 g/mol. The largest absolute Gasteiger partial charge is 0.433 e. The molecule has 0 aliphatic carbocycles. The van der Waals surface area contributed by atoms with Crippen molar-refractivity contribution in [2.75, 3.05) is 30.4 Å². The van der Waals surface area contributed by atoms with Gasteiger partial charge in [-0.05, 0) is 11.8 Å². The van der Waals surface area contributed by atoms with Gasteiger partial charge in [-0.1, -0.05) is 27.7 Å². The molecule has 0 atom stereocenters. The Labute approximate surface area is 123 Å². The maximum Gasteiger partial charge on any atom is 0.433 e. The predicted molar refractivity (Wildman–Crippen MR) is 78.5 cm³/mol. The predicted octanol–water partition coefficient (Wildman–Crippen LogP) is 3.80. The third kappa shape index (κ3) is 5.77. The molecule has 120 valence electrons. The number of halogens is 3. The average molecular weight is 304 g/mol. The van der Waals surface area contributed by atoms with Crippen molar-refractivity contribution in [3.8, 4) is 0 Å². The first-order valence-corrected chi connectivity index (χ1v) is 6.94. The van der Waals surface area contributed by atoms with Gasteiger partial charge in [0.25, 0.3) is 0 Å². The smallest absolute Gasteiger partial charge is 0.359 e. The minimum atomic E-state index is -4.48. The highest BCUT2D eigenvalue weighted by Gasteiger charge is 2.34. The van der Waals surface area contributed by atoms with Crippen LogP contribution < -0.4 is 10.2 Å². The number of rotatable bonds is 5. The monoisotopic (exact) mass is 304 g/mol. The fourth-order valence-electron chi connectivity index (χ4n) is 1.88. The molecule has 0 aliphatic rings. The number of aromatic nitrogens is 2. The van der Waals surface area contributed by atoms with Crippen molar-refractivity contribution in [2.24, 2.45) is 5.41 Å². The molecule has 0 unspecified atom stereocenters. The third-order valence-electron chi connectivity index (χ3n) is 2.64. The molecule has 0 aliphatic heterocycles. The van der Waals surface area contributed by atoms with E-state index in [0.717, 1.165) is 12.5 Å². The molecule has 21 heavy (non-hydrogen) atoms. The van der Waals surface area contributed by atoms with Gasteiger partial charge in [-0.2, -0.15) is 18.2 Å². The van der Waals surface area contributed by atoms with E-state index in [-0.39, 0.29) is 17.2 Å². The molecule has 0 fully saturated rings. The van der Waals surface area contributed by atoms with Gasteiger partial charge in [-0.15, -0.1) is 0 Å². The molecule has 0 amide bonds. The molecule has 0 radical (unpaired) electrons. The first-order valence-electron chi connectivity index (χ1n) is 6.94. The van der Waals surface area contributed by atoms with Gasteiger partial charge in [0.2, 0.25) is 5.95 Å². The zero-order valence-corrected chi connectivity index (χ0v) is 13.2. The molecule has 0 saturated carbocycles. The Morgan fingerprint density at radius 2 is 1.81 bits per heavy atom. The summed E-state index contributed by atoms with van der Waals surface area (Å²) in [6.07, 6.45) is -3.70. The van der Waals surface area contributed by atoms with Crippen molar-refractivity contribution in [1.29, 1.82) is 0 Å². The Hall–Kier alpha value is -1.53. The van der Waals surface area contributed by atoms with Crippen molar-refractivity contribution in [2.45, 2.75) is 40.3 Å². The Bertz CT molecular complexity index is 466. The van der Waals surface area contributed by atoms with Crippen LogP contribution in [-0.4, -0.2) is 30.1 Å². The number of hydrogen-bond acceptors (Lipinski definition) is 4. The van der Waals surface area contributed by atoms with Crippen molar-refractivity contribution in [1.82, 2.24) is 9.97 Å². The van der Waals surface area contributed by atoms with E-state index in [1.807, 2.05) is 27.7 Å². The average Bonchev–Trinajstić information content (AvgIpc) is 2.33. The van der Waals surface area contributed by atoms with Crippen molar-refractivity contribution < 1.29 is 13.2 Å². The standard InChI is InChI=1S/C14H23F3N4/c1-6-7-18-12-19-10(14(15,16)17)8-11(20-12)21(5)9-13(2,3)4/h8H,6-7,9H2,1-5H3,(H,18,19,20). The number of hydrogen-bond donors (Lipinski definition) is 1. The normalized spacial score (nSPS) is 12.4. The van der Waals surface area contributed by atoms with Crippen LogP contribution in [0.15, 0.2) is 6.07 Å². The number of alkyl halides is 3. The van der Waals surface area contributed by atoms with Gasteiger partial charge >= 0.3 is 6.18 Å². The molecule has 1 aromatic rings. The summed E-state index contributed by atoms with van der Waals surface area (Å²) < 4.78 is 38.8. The highest BCUT2D eigenvalue weighted by atomic mass is 19.4. The van der Waals surface area contributed by atoms with E-state index < -0.39 is 11.9 Å². The topological polar surface area (TPSA) is 41.1 Å². The SMILES string of the molecule is CCCNc1nc(N(C)CC(C)(C)C)cc(C(F)(F)F)n1. The molecular formula is C14H23F3N4.